The summed E-state index contributed by atoms with van der Waals surface area (Å²) < 4.78 is 0. The third-order valence-corrected chi connectivity index (χ3v) is 3.46. The third-order valence-electron chi connectivity index (χ3n) is 2.60. The van der Waals surface area contributed by atoms with Crippen molar-refractivity contribution in [2.75, 3.05) is 11.9 Å². The molecular formula is C13H17N3S. The fraction of sp³-hybridized carbons (Fsp3) is 0.385. The molecule has 0 atom stereocenters. The van der Waals surface area contributed by atoms with E-state index in [0.29, 0.717) is 0 Å². The topological polar surface area (TPSA) is 37.8 Å². The van der Waals surface area contributed by atoms with Crippen molar-refractivity contribution in [3.8, 4) is 11.4 Å². The van der Waals surface area contributed by atoms with E-state index in [1.165, 1.54) is 5.56 Å². The van der Waals surface area contributed by atoms with Gasteiger partial charge < -0.3 is 5.32 Å². The molecule has 3 nitrogen and oxygen atoms in total. The summed E-state index contributed by atoms with van der Waals surface area (Å²) in [5, 5.41) is 7.50. The Hall–Kier alpha value is -1.42. The zero-order chi connectivity index (χ0) is 12.3. The van der Waals surface area contributed by atoms with Crippen LogP contribution in [-0.4, -0.2) is 16.5 Å². The molecule has 90 valence electrons. The van der Waals surface area contributed by atoms with Crippen LogP contribution in [0.25, 0.3) is 11.4 Å². The molecule has 0 unspecified atom stereocenters. The van der Waals surface area contributed by atoms with Gasteiger partial charge in [0.1, 0.15) is 5.82 Å². The summed E-state index contributed by atoms with van der Waals surface area (Å²) in [6.07, 6.45) is 0.928. The average molecular weight is 247 g/mol. The Kier molecular flexibility index (Phi) is 3.74. The van der Waals surface area contributed by atoms with Gasteiger partial charge in [-0.3, -0.25) is 0 Å². The number of aromatic nitrogens is 2. The van der Waals surface area contributed by atoms with Crippen LogP contribution < -0.4 is 5.32 Å². The predicted molar refractivity (Wildman–Crippen MR) is 73.6 cm³/mol. The van der Waals surface area contributed by atoms with Gasteiger partial charge in [-0.1, -0.05) is 6.92 Å². The first-order chi connectivity index (χ1) is 8.24. The van der Waals surface area contributed by atoms with Crippen LogP contribution in [0.2, 0.25) is 0 Å². The lowest BCUT2D eigenvalue weighted by Gasteiger charge is -2.07. The van der Waals surface area contributed by atoms with Crippen molar-refractivity contribution in [2.24, 2.45) is 0 Å². The van der Waals surface area contributed by atoms with Gasteiger partial charge >= 0.3 is 0 Å². The van der Waals surface area contributed by atoms with E-state index in [2.05, 4.69) is 46.8 Å². The maximum Gasteiger partial charge on any atom is 0.162 e. The summed E-state index contributed by atoms with van der Waals surface area (Å²) in [5.74, 6) is 1.75. The molecule has 0 aliphatic carbocycles. The van der Waals surface area contributed by atoms with Gasteiger partial charge in [0.2, 0.25) is 0 Å². The Balaban J connectivity index is 2.46. The molecule has 0 saturated heterocycles. The highest BCUT2D eigenvalue weighted by Gasteiger charge is 2.08. The SMILES string of the molecule is CCNc1cc(CC)nc(-c2cscc2C)n1. The lowest BCUT2D eigenvalue weighted by atomic mass is 10.2. The van der Waals surface area contributed by atoms with Gasteiger partial charge in [-0.2, -0.15) is 11.3 Å². The molecule has 1 N–H and O–H groups in total. The highest BCUT2D eigenvalue weighted by Crippen LogP contribution is 2.25. The molecule has 2 aromatic rings. The van der Waals surface area contributed by atoms with Crippen LogP contribution >= 0.6 is 11.3 Å². The van der Waals surface area contributed by atoms with Gasteiger partial charge in [0.15, 0.2) is 5.82 Å². The van der Waals surface area contributed by atoms with Crippen LogP contribution in [0.5, 0.6) is 0 Å². The highest BCUT2D eigenvalue weighted by atomic mass is 32.1. The molecule has 0 aliphatic heterocycles. The first-order valence-corrected chi connectivity index (χ1v) is 6.83. The van der Waals surface area contributed by atoms with Crippen molar-refractivity contribution in [3.63, 3.8) is 0 Å². The van der Waals surface area contributed by atoms with Crippen molar-refractivity contribution in [2.45, 2.75) is 27.2 Å². The van der Waals surface area contributed by atoms with Gasteiger partial charge in [0, 0.05) is 29.2 Å². The fourth-order valence-electron chi connectivity index (χ4n) is 1.66. The summed E-state index contributed by atoms with van der Waals surface area (Å²) in [6, 6.07) is 2.02. The second kappa shape index (κ2) is 5.27. The lowest BCUT2D eigenvalue weighted by molar-refractivity contribution is 0.998. The maximum atomic E-state index is 4.59. The zero-order valence-electron chi connectivity index (χ0n) is 10.4. The quantitative estimate of drug-likeness (QED) is 0.898. The van der Waals surface area contributed by atoms with E-state index in [-0.39, 0.29) is 0 Å². The minimum Gasteiger partial charge on any atom is -0.370 e. The number of thiophene rings is 1. The van der Waals surface area contributed by atoms with E-state index >= 15 is 0 Å². The van der Waals surface area contributed by atoms with Crippen LogP contribution in [-0.2, 0) is 6.42 Å². The summed E-state index contributed by atoms with van der Waals surface area (Å²) in [4.78, 5) is 9.15. The molecule has 0 spiro atoms. The number of hydrogen-bond donors (Lipinski definition) is 1. The molecule has 2 heterocycles. The molecule has 0 amide bonds. The van der Waals surface area contributed by atoms with Crippen LogP contribution in [0.1, 0.15) is 25.1 Å². The molecule has 2 aromatic heterocycles. The second-order valence-corrected chi connectivity index (χ2v) is 4.66. The van der Waals surface area contributed by atoms with Gasteiger partial charge in [0.25, 0.3) is 0 Å². The number of hydrogen-bond acceptors (Lipinski definition) is 4. The van der Waals surface area contributed by atoms with Crippen molar-refractivity contribution < 1.29 is 0 Å². The van der Waals surface area contributed by atoms with E-state index in [1.54, 1.807) is 11.3 Å². The average Bonchev–Trinajstić information content (AvgIpc) is 2.75. The Bertz CT molecular complexity index is 505. The van der Waals surface area contributed by atoms with Gasteiger partial charge in [-0.25, -0.2) is 9.97 Å². The van der Waals surface area contributed by atoms with Crippen LogP contribution in [0.3, 0.4) is 0 Å². The molecule has 0 radical (unpaired) electrons. The van der Waals surface area contributed by atoms with E-state index in [1.807, 2.05) is 6.07 Å². The van der Waals surface area contributed by atoms with Gasteiger partial charge in [-0.05, 0) is 31.2 Å². The molecule has 4 heteroatoms. The molecule has 0 saturated carbocycles. The highest BCUT2D eigenvalue weighted by molar-refractivity contribution is 7.08. The Morgan fingerprint density at radius 1 is 1.24 bits per heavy atom. The lowest BCUT2D eigenvalue weighted by Crippen LogP contribution is -2.03. The minimum atomic E-state index is 0.832. The molecule has 2 rings (SSSR count). The normalized spacial score (nSPS) is 10.5. The predicted octanol–water partition coefficient (Wildman–Crippen LogP) is 3.51. The number of aryl methyl sites for hydroxylation is 2. The van der Waals surface area contributed by atoms with Crippen molar-refractivity contribution >= 4 is 17.2 Å². The van der Waals surface area contributed by atoms with E-state index < -0.39 is 0 Å². The number of anilines is 1. The molecule has 0 aliphatic rings. The Labute approximate surface area is 106 Å². The van der Waals surface area contributed by atoms with Crippen LogP contribution in [0, 0.1) is 6.92 Å². The first-order valence-electron chi connectivity index (χ1n) is 5.89. The summed E-state index contributed by atoms with van der Waals surface area (Å²) in [7, 11) is 0. The maximum absolute atomic E-state index is 4.59. The summed E-state index contributed by atoms with van der Waals surface area (Å²) >= 11 is 1.69. The molecule has 0 fully saturated rings. The van der Waals surface area contributed by atoms with Crippen LogP contribution in [0.15, 0.2) is 16.8 Å². The fourth-order valence-corrected chi connectivity index (χ4v) is 2.49. The van der Waals surface area contributed by atoms with E-state index in [9.17, 15) is 0 Å². The zero-order valence-corrected chi connectivity index (χ0v) is 11.3. The largest absolute Gasteiger partial charge is 0.370 e. The number of nitrogens with zero attached hydrogens (tertiary/aromatic N) is 2. The number of nitrogens with one attached hydrogen (secondary N) is 1. The van der Waals surface area contributed by atoms with Crippen molar-refractivity contribution in [1.29, 1.82) is 0 Å². The standard InChI is InChI=1S/C13H17N3S/c1-4-10-6-12(14-5-2)16-13(15-10)11-8-17-7-9(11)3/h6-8H,4-5H2,1-3H3,(H,14,15,16). The van der Waals surface area contributed by atoms with Crippen LogP contribution in [0.4, 0.5) is 5.82 Å². The number of rotatable bonds is 4. The third kappa shape index (κ3) is 2.64. The van der Waals surface area contributed by atoms with E-state index in [0.717, 1.165) is 35.9 Å². The van der Waals surface area contributed by atoms with Crippen molar-refractivity contribution in [3.05, 3.63) is 28.1 Å². The van der Waals surface area contributed by atoms with Gasteiger partial charge in [0.05, 0.1) is 0 Å². The molecule has 17 heavy (non-hydrogen) atoms. The molecule has 0 aromatic carbocycles. The monoisotopic (exact) mass is 247 g/mol. The van der Waals surface area contributed by atoms with E-state index in [4.69, 9.17) is 0 Å². The minimum absolute atomic E-state index is 0.832. The second-order valence-electron chi connectivity index (χ2n) is 3.92. The molecular weight excluding hydrogens is 230 g/mol. The Morgan fingerprint density at radius 2 is 2.06 bits per heavy atom. The molecule has 0 bridgehead atoms. The smallest absolute Gasteiger partial charge is 0.162 e. The van der Waals surface area contributed by atoms with Gasteiger partial charge in [-0.15, -0.1) is 0 Å². The Morgan fingerprint density at radius 3 is 2.65 bits per heavy atom. The first kappa shape index (κ1) is 12.0. The van der Waals surface area contributed by atoms with Crippen molar-refractivity contribution in [1.82, 2.24) is 9.97 Å². The summed E-state index contributed by atoms with van der Waals surface area (Å²) in [5.41, 5.74) is 3.46. The summed E-state index contributed by atoms with van der Waals surface area (Å²) in [6.45, 7) is 7.16.